The first kappa shape index (κ1) is 14.5. The topological polar surface area (TPSA) is 52.6 Å². The summed E-state index contributed by atoms with van der Waals surface area (Å²) in [4.78, 5) is 13.4. The van der Waals surface area contributed by atoms with E-state index in [-0.39, 0.29) is 6.04 Å². The van der Waals surface area contributed by atoms with Crippen molar-refractivity contribution in [3.05, 3.63) is 0 Å². The molecule has 2 atom stereocenters. The number of carbonyl (C=O) groups is 1. The molecule has 0 saturated carbocycles. The van der Waals surface area contributed by atoms with Gasteiger partial charge in [-0.3, -0.25) is 4.79 Å². The molecule has 0 aromatic carbocycles. The highest BCUT2D eigenvalue weighted by Crippen LogP contribution is 2.23. The lowest BCUT2D eigenvalue weighted by Gasteiger charge is -2.24. The second-order valence-corrected chi connectivity index (χ2v) is 5.76. The van der Waals surface area contributed by atoms with E-state index in [4.69, 9.17) is 5.11 Å². The number of nitrogens with zero attached hydrogens (tertiary/aromatic N) is 1. The number of hydrogen-bond donors (Lipinski definition) is 2. The van der Waals surface area contributed by atoms with Crippen LogP contribution in [0, 0.1) is 11.8 Å². The number of aliphatic carboxylic acids is 1. The number of rotatable bonds is 6. The minimum absolute atomic E-state index is 0.208. The third-order valence-corrected chi connectivity index (χ3v) is 3.53. The molecule has 0 radical (unpaired) electrons. The van der Waals surface area contributed by atoms with Crippen molar-refractivity contribution < 1.29 is 9.90 Å². The van der Waals surface area contributed by atoms with E-state index in [1.807, 2.05) is 13.8 Å². The van der Waals surface area contributed by atoms with Crippen molar-refractivity contribution in [1.82, 2.24) is 10.2 Å². The van der Waals surface area contributed by atoms with Crippen LogP contribution in [0.1, 0.15) is 34.1 Å². The summed E-state index contributed by atoms with van der Waals surface area (Å²) in [6.45, 7) is 11.2. The van der Waals surface area contributed by atoms with Crippen molar-refractivity contribution >= 4 is 5.97 Å². The maximum atomic E-state index is 11.1. The summed E-state index contributed by atoms with van der Waals surface area (Å²) in [6.07, 6.45) is 1.20. The van der Waals surface area contributed by atoms with Gasteiger partial charge in [0.15, 0.2) is 0 Å². The van der Waals surface area contributed by atoms with Crippen molar-refractivity contribution in [2.24, 2.45) is 11.8 Å². The van der Waals surface area contributed by atoms with Gasteiger partial charge in [0.2, 0.25) is 0 Å². The molecule has 0 spiro atoms. The Morgan fingerprint density at radius 2 is 2.06 bits per heavy atom. The van der Waals surface area contributed by atoms with Crippen LogP contribution < -0.4 is 5.32 Å². The van der Waals surface area contributed by atoms with E-state index in [1.54, 1.807) is 0 Å². The predicted molar refractivity (Wildman–Crippen MR) is 69.1 cm³/mol. The molecule has 1 heterocycles. The molecule has 0 amide bonds. The van der Waals surface area contributed by atoms with Gasteiger partial charge < -0.3 is 15.3 Å². The van der Waals surface area contributed by atoms with Gasteiger partial charge in [0.05, 0.1) is 0 Å². The van der Waals surface area contributed by atoms with E-state index in [0.29, 0.717) is 12.5 Å². The molecule has 0 aliphatic carbocycles. The molecule has 1 rings (SSSR count). The van der Waals surface area contributed by atoms with E-state index in [0.717, 1.165) is 19.0 Å². The molecule has 1 aliphatic heterocycles. The fourth-order valence-electron chi connectivity index (χ4n) is 2.44. The Bertz CT molecular complexity index is 254. The third kappa shape index (κ3) is 4.64. The Kier molecular flexibility index (Phi) is 5.40. The van der Waals surface area contributed by atoms with Gasteiger partial charge >= 0.3 is 5.97 Å². The van der Waals surface area contributed by atoms with Crippen LogP contribution in [-0.2, 0) is 4.79 Å². The van der Waals surface area contributed by atoms with Crippen LogP contribution in [0.4, 0.5) is 0 Å². The third-order valence-electron chi connectivity index (χ3n) is 3.53. The van der Waals surface area contributed by atoms with E-state index in [2.05, 4.69) is 24.1 Å². The molecule has 4 nitrogen and oxygen atoms in total. The summed E-state index contributed by atoms with van der Waals surface area (Å²) in [5, 5.41) is 12.3. The molecule has 17 heavy (non-hydrogen) atoms. The van der Waals surface area contributed by atoms with E-state index in [1.165, 1.54) is 6.42 Å². The average molecular weight is 242 g/mol. The van der Waals surface area contributed by atoms with Crippen molar-refractivity contribution in [3.8, 4) is 0 Å². The molecule has 0 aromatic heterocycles. The van der Waals surface area contributed by atoms with Crippen LogP contribution >= 0.6 is 0 Å². The molecular weight excluding hydrogens is 216 g/mol. The van der Waals surface area contributed by atoms with Gasteiger partial charge in [-0.05, 0) is 24.8 Å². The first-order chi connectivity index (χ1) is 7.90. The Morgan fingerprint density at radius 3 is 2.47 bits per heavy atom. The molecule has 2 unspecified atom stereocenters. The highest BCUT2D eigenvalue weighted by atomic mass is 16.4. The van der Waals surface area contributed by atoms with Crippen LogP contribution in [0.3, 0.4) is 0 Å². The molecule has 0 bridgehead atoms. The minimum Gasteiger partial charge on any atom is -0.480 e. The molecule has 0 aromatic rings. The predicted octanol–water partition coefficient (Wildman–Crippen LogP) is 1.42. The number of nitrogens with one attached hydrogen (secondary N) is 1. The zero-order valence-electron chi connectivity index (χ0n) is 11.4. The first-order valence-electron chi connectivity index (χ1n) is 6.61. The van der Waals surface area contributed by atoms with E-state index >= 15 is 0 Å². The van der Waals surface area contributed by atoms with E-state index < -0.39 is 12.0 Å². The fourth-order valence-corrected chi connectivity index (χ4v) is 2.44. The lowest BCUT2D eigenvalue weighted by atomic mass is 9.95. The summed E-state index contributed by atoms with van der Waals surface area (Å²) in [7, 11) is 0. The minimum atomic E-state index is -0.744. The summed E-state index contributed by atoms with van der Waals surface area (Å²) in [5.41, 5.74) is 0. The largest absolute Gasteiger partial charge is 0.480 e. The summed E-state index contributed by atoms with van der Waals surface area (Å²) >= 11 is 0. The highest BCUT2D eigenvalue weighted by molar-refractivity contribution is 5.73. The first-order valence-corrected chi connectivity index (χ1v) is 6.61. The number of likely N-dealkylation sites (tertiary alicyclic amines) is 1. The van der Waals surface area contributed by atoms with Gasteiger partial charge in [-0.25, -0.2) is 0 Å². The van der Waals surface area contributed by atoms with Crippen molar-refractivity contribution in [2.75, 3.05) is 19.6 Å². The van der Waals surface area contributed by atoms with Gasteiger partial charge in [0.25, 0.3) is 0 Å². The standard InChI is InChI=1S/C13H26N2O2/c1-9(2)11-5-6-15(7-11)8-12(13(16)17)14-10(3)4/h9-12,14H,5-8H2,1-4H3,(H,16,17). The monoisotopic (exact) mass is 242 g/mol. The van der Waals surface area contributed by atoms with Gasteiger partial charge in [0.1, 0.15) is 6.04 Å². The van der Waals surface area contributed by atoms with Crippen molar-refractivity contribution in [3.63, 3.8) is 0 Å². The fraction of sp³-hybridized carbons (Fsp3) is 0.923. The molecule has 1 fully saturated rings. The normalized spacial score (nSPS) is 23.5. The Labute approximate surface area is 104 Å². The quantitative estimate of drug-likeness (QED) is 0.739. The van der Waals surface area contributed by atoms with Crippen LogP contribution in [-0.4, -0.2) is 47.7 Å². The zero-order chi connectivity index (χ0) is 13.0. The smallest absolute Gasteiger partial charge is 0.322 e. The Morgan fingerprint density at radius 1 is 1.41 bits per heavy atom. The lowest BCUT2D eigenvalue weighted by Crippen LogP contribution is -2.48. The molecule has 1 saturated heterocycles. The maximum absolute atomic E-state index is 11.1. The van der Waals surface area contributed by atoms with Crippen molar-refractivity contribution in [2.45, 2.75) is 46.2 Å². The van der Waals surface area contributed by atoms with Gasteiger partial charge in [-0.2, -0.15) is 0 Å². The Hall–Kier alpha value is -0.610. The summed E-state index contributed by atoms with van der Waals surface area (Å²) in [5.74, 6) is 0.677. The molecular formula is C13H26N2O2. The molecule has 4 heteroatoms. The maximum Gasteiger partial charge on any atom is 0.322 e. The second kappa shape index (κ2) is 6.36. The SMILES string of the molecule is CC(C)NC(CN1CCC(C(C)C)C1)C(=O)O. The van der Waals surface area contributed by atoms with Crippen LogP contribution in [0.2, 0.25) is 0 Å². The van der Waals surface area contributed by atoms with Crippen molar-refractivity contribution in [1.29, 1.82) is 0 Å². The Balaban J connectivity index is 2.43. The molecule has 2 N–H and O–H groups in total. The van der Waals surface area contributed by atoms with E-state index in [9.17, 15) is 4.79 Å². The number of hydrogen-bond acceptors (Lipinski definition) is 3. The highest BCUT2D eigenvalue weighted by Gasteiger charge is 2.28. The average Bonchev–Trinajstić information content (AvgIpc) is 2.64. The number of carboxylic acid groups (broad SMARTS) is 1. The number of carboxylic acids is 1. The lowest BCUT2D eigenvalue weighted by molar-refractivity contribution is -0.140. The summed E-state index contributed by atoms with van der Waals surface area (Å²) in [6, 6.07) is -0.236. The molecule has 100 valence electrons. The van der Waals surface area contributed by atoms with Gasteiger partial charge in [-0.1, -0.05) is 27.7 Å². The van der Waals surface area contributed by atoms with Crippen LogP contribution in [0.15, 0.2) is 0 Å². The second-order valence-electron chi connectivity index (χ2n) is 5.76. The van der Waals surface area contributed by atoms with Crippen LogP contribution in [0.25, 0.3) is 0 Å². The summed E-state index contributed by atoms with van der Waals surface area (Å²) < 4.78 is 0. The van der Waals surface area contributed by atoms with Gasteiger partial charge in [0, 0.05) is 19.1 Å². The molecule has 1 aliphatic rings. The zero-order valence-corrected chi connectivity index (χ0v) is 11.4. The van der Waals surface area contributed by atoms with Gasteiger partial charge in [-0.15, -0.1) is 0 Å². The van der Waals surface area contributed by atoms with Crippen LogP contribution in [0.5, 0.6) is 0 Å².